The molecule has 1 atom stereocenters. The highest BCUT2D eigenvalue weighted by atomic mass is 32.2. The molecule has 0 spiro atoms. The molecule has 0 bridgehead atoms. The van der Waals surface area contributed by atoms with Crippen molar-refractivity contribution in [2.75, 3.05) is 5.75 Å². The Morgan fingerprint density at radius 2 is 1.95 bits per heavy atom. The van der Waals surface area contributed by atoms with E-state index in [1.54, 1.807) is 4.68 Å². The van der Waals surface area contributed by atoms with Crippen molar-refractivity contribution in [3.63, 3.8) is 0 Å². The molecule has 1 unspecified atom stereocenters. The van der Waals surface area contributed by atoms with E-state index in [0.717, 1.165) is 42.6 Å². The van der Waals surface area contributed by atoms with E-state index in [1.807, 2.05) is 27.8 Å². The normalized spacial score (nSPS) is 18.6. The Balaban J connectivity index is 2.08. The van der Waals surface area contributed by atoms with Gasteiger partial charge in [0, 0.05) is 24.3 Å². The largest absolute Gasteiger partial charge is 0.272 e. The van der Waals surface area contributed by atoms with Gasteiger partial charge >= 0.3 is 0 Å². The molecule has 1 fully saturated rings. The first-order valence-corrected chi connectivity index (χ1v) is 8.95. The van der Waals surface area contributed by atoms with Gasteiger partial charge < -0.3 is 0 Å². The van der Waals surface area contributed by atoms with Crippen LogP contribution in [0, 0.1) is 19.8 Å². The molecule has 0 amide bonds. The minimum absolute atomic E-state index is 0.227. The molecule has 0 radical (unpaired) electrons. The van der Waals surface area contributed by atoms with E-state index in [2.05, 4.69) is 9.82 Å². The maximum Gasteiger partial charge on any atom is 0.212 e. The summed E-state index contributed by atoms with van der Waals surface area (Å²) >= 11 is 0. The van der Waals surface area contributed by atoms with Crippen LogP contribution >= 0.6 is 0 Å². The summed E-state index contributed by atoms with van der Waals surface area (Å²) in [6, 6.07) is -0.227. The van der Waals surface area contributed by atoms with E-state index in [0.29, 0.717) is 5.92 Å². The molecule has 2 rings (SSSR count). The fourth-order valence-corrected chi connectivity index (χ4v) is 4.99. The molecule has 1 aromatic rings. The van der Waals surface area contributed by atoms with Gasteiger partial charge in [0.2, 0.25) is 10.0 Å². The van der Waals surface area contributed by atoms with Crippen LogP contribution in [-0.2, 0) is 17.1 Å². The van der Waals surface area contributed by atoms with Gasteiger partial charge in [-0.15, -0.1) is 0 Å². The Bertz CT molecular complexity index is 571. The van der Waals surface area contributed by atoms with Crippen molar-refractivity contribution < 1.29 is 8.42 Å². The third kappa shape index (κ3) is 3.41. The van der Waals surface area contributed by atoms with Gasteiger partial charge in [-0.2, -0.15) is 5.10 Å². The third-order valence-corrected chi connectivity index (χ3v) is 5.91. The van der Waals surface area contributed by atoms with E-state index in [9.17, 15) is 8.42 Å². The van der Waals surface area contributed by atoms with Crippen LogP contribution in [0.25, 0.3) is 0 Å². The predicted octanol–water partition coefficient (Wildman–Crippen LogP) is 2.21. The maximum absolute atomic E-state index is 12.3. The fourth-order valence-electron chi connectivity index (χ4n) is 3.28. The van der Waals surface area contributed by atoms with E-state index in [1.165, 1.54) is 0 Å². The van der Waals surface area contributed by atoms with Crippen molar-refractivity contribution in [1.29, 1.82) is 0 Å². The number of sulfonamides is 1. The summed E-state index contributed by atoms with van der Waals surface area (Å²) in [7, 11) is -1.34. The van der Waals surface area contributed by atoms with Crippen LogP contribution in [0.5, 0.6) is 0 Å². The minimum Gasteiger partial charge on any atom is -0.272 e. The molecule has 6 heteroatoms. The van der Waals surface area contributed by atoms with Crippen LogP contribution in [0.2, 0.25) is 0 Å². The van der Waals surface area contributed by atoms with Gasteiger partial charge in [0.1, 0.15) is 0 Å². The lowest BCUT2D eigenvalue weighted by atomic mass is 10.1. The zero-order valence-corrected chi connectivity index (χ0v) is 13.6. The van der Waals surface area contributed by atoms with E-state index in [-0.39, 0.29) is 11.8 Å². The van der Waals surface area contributed by atoms with Gasteiger partial charge in [0.15, 0.2) is 0 Å². The highest BCUT2D eigenvalue weighted by molar-refractivity contribution is 7.89. The number of nitrogens with one attached hydrogen (secondary N) is 1. The molecule has 20 heavy (non-hydrogen) atoms. The fraction of sp³-hybridized carbons (Fsp3) is 0.786. The highest BCUT2D eigenvalue weighted by Gasteiger charge is 2.26. The number of aromatic nitrogens is 2. The standard InChI is InChI=1S/C14H25N3O2S/c1-10-14(12(3)17(4)15-10)11(2)16-20(18,19)9-13-7-5-6-8-13/h11,13,16H,5-9H2,1-4H3. The number of nitrogens with zero attached hydrogens (tertiary/aromatic N) is 2. The Morgan fingerprint density at radius 3 is 2.45 bits per heavy atom. The Hall–Kier alpha value is -0.880. The van der Waals surface area contributed by atoms with Gasteiger partial charge in [-0.3, -0.25) is 4.68 Å². The van der Waals surface area contributed by atoms with Crippen LogP contribution in [0.15, 0.2) is 0 Å². The topological polar surface area (TPSA) is 64.0 Å². The Morgan fingerprint density at radius 1 is 1.35 bits per heavy atom. The molecule has 1 saturated carbocycles. The quantitative estimate of drug-likeness (QED) is 0.906. The van der Waals surface area contributed by atoms with Crippen LogP contribution in [0.1, 0.15) is 55.6 Å². The molecule has 0 aromatic carbocycles. The van der Waals surface area contributed by atoms with E-state index < -0.39 is 10.0 Å². The zero-order valence-electron chi connectivity index (χ0n) is 12.8. The van der Waals surface area contributed by atoms with Gasteiger partial charge in [0.05, 0.1) is 11.4 Å². The number of hydrogen-bond donors (Lipinski definition) is 1. The minimum atomic E-state index is -3.22. The predicted molar refractivity (Wildman–Crippen MR) is 80.0 cm³/mol. The lowest BCUT2D eigenvalue weighted by Crippen LogP contribution is -2.32. The van der Waals surface area contributed by atoms with Gasteiger partial charge in [0.25, 0.3) is 0 Å². The summed E-state index contributed by atoms with van der Waals surface area (Å²) in [5.41, 5.74) is 2.89. The smallest absolute Gasteiger partial charge is 0.212 e. The molecule has 1 aliphatic rings. The summed E-state index contributed by atoms with van der Waals surface area (Å²) in [5, 5.41) is 4.35. The summed E-state index contributed by atoms with van der Waals surface area (Å²) in [4.78, 5) is 0. The van der Waals surface area contributed by atoms with Crippen LogP contribution < -0.4 is 4.72 Å². The second-order valence-corrected chi connectivity index (χ2v) is 7.78. The van der Waals surface area contributed by atoms with Crippen LogP contribution in [0.4, 0.5) is 0 Å². The average molecular weight is 299 g/mol. The van der Waals surface area contributed by atoms with Crippen LogP contribution in [0.3, 0.4) is 0 Å². The van der Waals surface area contributed by atoms with Gasteiger partial charge in [-0.25, -0.2) is 13.1 Å². The molecular weight excluding hydrogens is 274 g/mol. The third-order valence-electron chi connectivity index (χ3n) is 4.28. The Kier molecular flexibility index (Phi) is 4.54. The molecule has 1 N–H and O–H groups in total. The lowest BCUT2D eigenvalue weighted by Gasteiger charge is -2.17. The molecular formula is C14H25N3O2S. The first-order valence-electron chi connectivity index (χ1n) is 7.30. The SMILES string of the molecule is Cc1nn(C)c(C)c1C(C)NS(=O)(=O)CC1CCCC1. The van der Waals surface area contributed by atoms with Gasteiger partial charge in [-0.05, 0) is 39.5 Å². The average Bonchev–Trinajstić information content (AvgIpc) is 2.87. The van der Waals surface area contributed by atoms with Crippen molar-refractivity contribution in [1.82, 2.24) is 14.5 Å². The number of rotatable bonds is 5. The van der Waals surface area contributed by atoms with Crippen molar-refractivity contribution >= 4 is 10.0 Å². The van der Waals surface area contributed by atoms with E-state index in [4.69, 9.17) is 0 Å². The highest BCUT2D eigenvalue weighted by Crippen LogP contribution is 2.27. The number of hydrogen-bond acceptors (Lipinski definition) is 3. The zero-order chi connectivity index (χ0) is 14.9. The molecule has 1 aromatic heterocycles. The summed E-state index contributed by atoms with van der Waals surface area (Å²) < 4.78 is 29.1. The number of aryl methyl sites for hydroxylation is 2. The van der Waals surface area contributed by atoms with Crippen molar-refractivity contribution in [2.24, 2.45) is 13.0 Å². The lowest BCUT2D eigenvalue weighted by molar-refractivity contribution is 0.536. The molecule has 0 saturated heterocycles. The molecule has 5 nitrogen and oxygen atoms in total. The molecule has 114 valence electrons. The monoisotopic (exact) mass is 299 g/mol. The maximum atomic E-state index is 12.3. The van der Waals surface area contributed by atoms with Crippen molar-refractivity contribution in [3.05, 3.63) is 17.0 Å². The summed E-state index contributed by atoms with van der Waals surface area (Å²) in [6.45, 7) is 5.78. The van der Waals surface area contributed by atoms with Gasteiger partial charge in [-0.1, -0.05) is 12.8 Å². The first kappa shape index (κ1) is 15.5. The van der Waals surface area contributed by atoms with Crippen molar-refractivity contribution in [3.8, 4) is 0 Å². The molecule has 1 heterocycles. The summed E-state index contributed by atoms with van der Waals surface area (Å²) in [5.74, 6) is 0.589. The Labute approximate surface area is 121 Å². The second kappa shape index (κ2) is 5.85. The summed E-state index contributed by atoms with van der Waals surface area (Å²) in [6.07, 6.45) is 4.41. The molecule has 0 aliphatic heterocycles. The van der Waals surface area contributed by atoms with E-state index >= 15 is 0 Å². The first-order chi connectivity index (χ1) is 9.30. The van der Waals surface area contributed by atoms with Crippen molar-refractivity contribution in [2.45, 2.75) is 52.5 Å². The molecule has 1 aliphatic carbocycles. The van der Waals surface area contributed by atoms with Crippen LogP contribution in [-0.4, -0.2) is 24.0 Å². The second-order valence-electron chi connectivity index (χ2n) is 5.98.